The number of rotatable bonds is 3. The Kier molecular flexibility index (Phi) is 3.16. The fourth-order valence-electron chi connectivity index (χ4n) is 2.33. The summed E-state index contributed by atoms with van der Waals surface area (Å²) in [6, 6.07) is 10.6. The summed E-state index contributed by atoms with van der Waals surface area (Å²) in [5.41, 5.74) is 1.06. The Hall–Kier alpha value is -3.00. The van der Waals surface area contributed by atoms with Crippen molar-refractivity contribution in [3.05, 3.63) is 74.6 Å². The molecule has 0 fully saturated rings. The molecule has 0 aliphatic heterocycles. The van der Waals surface area contributed by atoms with Gasteiger partial charge in [-0.05, 0) is 0 Å². The fraction of sp³-hybridized carbons (Fsp3) is 0.0667. The molecule has 0 saturated heterocycles. The lowest BCUT2D eigenvalue weighted by atomic mass is 10.2. The van der Waals surface area contributed by atoms with Crippen LogP contribution in [0.25, 0.3) is 16.3 Å². The van der Waals surface area contributed by atoms with Crippen molar-refractivity contribution < 1.29 is 4.52 Å². The Bertz CT molecular complexity index is 1090. The lowest BCUT2D eigenvalue weighted by Crippen LogP contribution is -2.20. The van der Waals surface area contributed by atoms with Crippen LogP contribution in [-0.4, -0.2) is 19.1 Å². The van der Waals surface area contributed by atoms with Gasteiger partial charge in [0.2, 0.25) is 0 Å². The molecule has 0 aliphatic rings. The van der Waals surface area contributed by atoms with Gasteiger partial charge in [0.05, 0.1) is 12.2 Å². The lowest BCUT2D eigenvalue weighted by Gasteiger charge is -2.04. The average Bonchev–Trinajstić information content (AvgIpc) is 3.16. The molecular formula is C15H10N4O3S. The van der Waals surface area contributed by atoms with Crippen LogP contribution in [0.1, 0.15) is 5.69 Å². The summed E-state index contributed by atoms with van der Waals surface area (Å²) in [6.07, 6.45) is 1.67. The first kappa shape index (κ1) is 13.6. The van der Waals surface area contributed by atoms with Crippen LogP contribution < -0.4 is 11.3 Å². The van der Waals surface area contributed by atoms with Gasteiger partial charge in [-0.1, -0.05) is 35.5 Å². The standard InChI is InChI=1S/C15H10N4O3S/c20-12-8-11(16-14-18(12)6-7-23-14)9-19-13(17-22-15(19)21)10-4-2-1-3-5-10/h1-8H,9H2. The molecule has 4 aromatic rings. The topological polar surface area (TPSA) is 82.4 Å². The molecule has 0 aliphatic carbocycles. The maximum absolute atomic E-state index is 12.0. The third-order valence-electron chi connectivity index (χ3n) is 3.39. The molecule has 4 rings (SSSR count). The minimum atomic E-state index is -0.586. The zero-order valence-electron chi connectivity index (χ0n) is 11.7. The van der Waals surface area contributed by atoms with Crippen LogP contribution in [-0.2, 0) is 6.54 Å². The first-order chi connectivity index (χ1) is 11.2. The summed E-state index contributed by atoms with van der Waals surface area (Å²) < 4.78 is 7.60. The van der Waals surface area contributed by atoms with E-state index in [9.17, 15) is 9.59 Å². The summed E-state index contributed by atoms with van der Waals surface area (Å²) in [6.45, 7) is 0.121. The van der Waals surface area contributed by atoms with E-state index in [0.717, 1.165) is 5.56 Å². The lowest BCUT2D eigenvalue weighted by molar-refractivity contribution is 0.378. The summed E-state index contributed by atoms with van der Waals surface area (Å²) in [4.78, 5) is 29.0. The molecular weight excluding hydrogens is 316 g/mol. The summed E-state index contributed by atoms with van der Waals surface area (Å²) >= 11 is 1.36. The molecule has 3 aromatic heterocycles. The van der Waals surface area contributed by atoms with Crippen molar-refractivity contribution in [2.75, 3.05) is 0 Å². The minimum absolute atomic E-state index is 0.121. The van der Waals surface area contributed by atoms with Gasteiger partial charge in [0.1, 0.15) is 0 Å². The SMILES string of the molecule is O=c1onc(-c2ccccc2)n1Cc1cc(=O)n2ccsc2n1. The maximum Gasteiger partial charge on any atom is 0.442 e. The van der Waals surface area contributed by atoms with Crippen molar-refractivity contribution in [3.8, 4) is 11.4 Å². The van der Waals surface area contributed by atoms with Crippen LogP contribution in [0.15, 0.2) is 62.1 Å². The van der Waals surface area contributed by atoms with Gasteiger partial charge in [0.15, 0.2) is 10.8 Å². The van der Waals surface area contributed by atoms with Crippen LogP contribution in [0.4, 0.5) is 0 Å². The highest BCUT2D eigenvalue weighted by atomic mass is 32.1. The van der Waals surface area contributed by atoms with E-state index in [1.807, 2.05) is 30.3 Å². The summed E-state index contributed by atoms with van der Waals surface area (Å²) in [5.74, 6) is -0.180. The molecule has 0 N–H and O–H groups in total. The van der Waals surface area contributed by atoms with Crippen molar-refractivity contribution in [1.29, 1.82) is 0 Å². The molecule has 0 amide bonds. The van der Waals surface area contributed by atoms with Gasteiger partial charge in [-0.3, -0.25) is 18.3 Å². The second kappa shape index (κ2) is 5.33. The van der Waals surface area contributed by atoms with Crippen molar-refractivity contribution in [3.63, 3.8) is 0 Å². The van der Waals surface area contributed by atoms with Crippen LogP contribution >= 0.6 is 11.3 Å². The number of benzene rings is 1. The van der Waals surface area contributed by atoms with Crippen LogP contribution in [0, 0.1) is 0 Å². The van der Waals surface area contributed by atoms with E-state index in [1.165, 1.54) is 26.4 Å². The molecule has 0 atom stereocenters. The van der Waals surface area contributed by atoms with Gasteiger partial charge >= 0.3 is 5.76 Å². The van der Waals surface area contributed by atoms with Gasteiger partial charge in [0, 0.05) is 23.2 Å². The predicted molar refractivity (Wildman–Crippen MR) is 84.6 cm³/mol. The van der Waals surface area contributed by atoms with E-state index in [-0.39, 0.29) is 12.1 Å². The third-order valence-corrected chi connectivity index (χ3v) is 4.15. The molecule has 0 unspecified atom stereocenters. The number of aromatic nitrogens is 4. The van der Waals surface area contributed by atoms with E-state index in [1.54, 1.807) is 11.6 Å². The molecule has 0 bridgehead atoms. The first-order valence-electron chi connectivity index (χ1n) is 6.80. The second-order valence-corrected chi connectivity index (χ2v) is 5.74. The second-order valence-electron chi connectivity index (χ2n) is 4.87. The highest BCUT2D eigenvalue weighted by molar-refractivity contribution is 7.15. The van der Waals surface area contributed by atoms with Crippen LogP contribution in [0.2, 0.25) is 0 Å². The number of nitrogens with zero attached hydrogens (tertiary/aromatic N) is 4. The van der Waals surface area contributed by atoms with E-state index in [0.29, 0.717) is 16.5 Å². The maximum atomic E-state index is 12.0. The predicted octanol–water partition coefficient (Wildman–Crippen LogP) is 1.62. The molecule has 8 heteroatoms. The molecule has 23 heavy (non-hydrogen) atoms. The monoisotopic (exact) mass is 326 g/mol. The summed E-state index contributed by atoms with van der Waals surface area (Å²) in [7, 11) is 0. The quantitative estimate of drug-likeness (QED) is 0.571. The molecule has 7 nitrogen and oxygen atoms in total. The zero-order valence-corrected chi connectivity index (χ0v) is 12.6. The normalized spacial score (nSPS) is 11.1. The Labute approximate surface area is 133 Å². The van der Waals surface area contributed by atoms with Crippen LogP contribution in [0.3, 0.4) is 0 Å². The molecule has 1 aromatic carbocycles. The van der Waals surface area contributed by atoms with Crippen molar-refractivity contribution in [2.24, 2.45) is 0 Å². The van der Waals surface area contributed by atoms with Gasteiger partial charge in [-0.25, -0.2) is 9.78 Å². The van der Waals surface area contributed by atoms with Crippen molar-refractivity contribution in [2.45, 2.75) is 6.54 Å². The zero-order chi connectivity index (χ0) is 15.8. The first-order valence-corrected chi connectivity index (χ1v) is 7.68. The van der Waals surface area contributed by atoms with E-state index >= 15 is 0 Å². The largest absolute Gasteiger partial charge is 0.442 e. The fourth-order valence-corrected chi connectivity index (χ4v) is 3.07. The third kappa shape index (κ3) is 2.38. The van der Waals surface area contributed by atoms with Gasteiger partial charge in [-0.2, -0.15) is 0 Å². The average molecular weight is 326 g/mol. The van der Waals surface area contributed by atoms with Gasteiger partial charge < -0.3 is 0 Å². The number of thiazole rings is 1. The number of fused-ring (bicyclic) bond motifs is 1. The van der Waals surface area contributed by atoms with Gasteiger partial charge in [0.25, 0.3) is 5.56 Å². The smallest absolute Gasteiger partial charge is 0.295 e. The summed E-state index contributed by atoms with van der Waals surface area (Å²) in [5, 5.41) is 5.61. The molecule has 114 valence electrons. The molecule has 0 spiro atoms. The van der Waals surface area contributed by atoms with E-state index in [4.69, 9.17) is 4.52 Å². The molecule has 0 radical (unpaired) electrons. The highest BCUT2D eigenvalue weighted by Crippen LogP contribution is 2.16. The Balaban J connectivity index is 1.81. The van der Waals surface area contributed by atoms with Crippen LogP contribution in [0.5, 0.6) is 0 Å². The Morgan fingerprint density at radius 1 is 1.17 bits per heavy atom. The Morgan fingerprint density at radius 2 is 2.00 bits per heavy atom. The van der Waals surface area contributed by atoms with Crippen molar-refractivity contribution >= 4 is 16.3 Å². The van der Waals surface area contributed by atoms with E-state index in [2.05, 4.69) is 10.1 Å². The highest BCUT2D eigenvalue weighted by Gasteiger charge is 2.14. The molecule has 0 saturated carbocycles. The molecule has 3 heterocycles. The Morgan fingerprint density at radius 3 is 2.83 bits per heavy atom. The van der Waals surface area contributed by atoms with E-state index < -0.39 is 5.76 Å². The number of hydrogen-bond acceptors (Lipinski definition) is 6. The van der Waals surface area contributed by atoms with Gasteiger partial charge in [-0.15, -0.1) is 11.3 Å². The minimum Gasteiger partial charge on any atom is -0.295 e. The number of hydrogen-bond donors (Lipinski definition) is 0. The van der Waals surface area contributed by atoms with Crippen molar-refractivity contribution in [1.82, 2.24) is 19.1 Å².